The molecule has 2 atom stereocenters. The van der Waals surface area contributed by atoms with Gasteiger partial charge in [-0.3, -0.25) is 4.79 Å². The second-order valence-electron chi connectivity index (χ2n) is 6.23. The summed E-state index contributed by atoms with van der Waals surface area (Å²) in [7, 11) is 0. The summed E-state index contributed by atoms with van der Waals surface area (Å²) in [6.45, 7) is 0. The van der Waals surface area contributed by atoms with Crippen LogP contribution in [0.25, 0.3) is 11.4 Å². The van der Waals surface area contributed by atoms with Gasteiger partial charge in [0.05, 0.1) is 0 Å². The molecule has 1 amide bonds. The zero-order chi connectivity index (χ0) is 17.2. The molecule has 1 aliphatic rings. The molecule has 27 heavy (non-hydrogen) atoms. The first-order chi connectivity index (χ1) is 12.2. The Labute approximate surface area is 170 Å². The van der Waals surface area contributed by atoms with E-state index in [0.717, 1.165) is 17.7 Å². The molecule has 0 aliphatic heterocycles. The fourth-order valence-corrected chi connectivity index (χ4v) is 2.83. The van der Waals surface area contributed by atoms with E-state index in [2.05, 4.69) is 15.3 Å². The van der Waals surface area contributed by atoms with Crippen molar-refractivity contribution in [2.45, 2.75) is 18.4 Å². The predicted octanol–water partition coefficient (Wildman–Crippen LogP) is 4.05. The second-order valence-corrected chi connectivity index (χ2v) is 6.23. The molecule has 0 bridgehead atoms. The summed E-state index contributed by atoms with van der Waals surface area (Å²) >= 11 is 0. The van der Waals surface area contributed by atoms with Crippen LogP contribution in [-0.4, -0.2) is 21.9 Å². The van der Waals surface area contributed by atoms with Gasteiger partial charge in [-0.25, -0.2) is 9.97 Å². The minimum Gasteiger partial charge on any atom is -0.327 e. The Morgan fingerprint density at radius 3 is 2.11 bits per heavy atom. The lowest BCUT2D eigenvalue weighted by Gasteiger charge is -2.07. The van der Waals surface area contributed by atoms with Crippen LogP contribution in [0.1, 0.15) is 28.3 Å². The summed E-state index contributed by atoms with van der Waals surface area (Å²) in [5.74, 6) is 0.981. The minimum absolute atomic E-state index is 0. The van der Waals surface area contributed by atoms with Crippen LogP contribution in [0, 0.1) is 0 Å². The molecular weight excluding hydrogens is 383 g/mol. The SMILES string of the molecule is Cl.Cl.N[C@@H]1C[C@H]1c1ccc(C(=O)Nc2ccc(-c3ncccn3)cc2)cc1. The molecule has 1 aromatic heterocycles. The van der Waals surface area contributed by atoms with Crippen molar-refractivity contribution in [3.8, 4) is 11.4 Å². The van der Waals surface area contributed by atoms with Gasteiger partial charge in [0.15, 0.2) is 5.82 Å². The lowest BCUT2D eigenvalue weighted by Crippen LogP contribution is -2.11. The highest BCUT2D eigenvalue weighted by Gasteiger charge is 2.34. The summed E-state index contributed by atoms with van der Waals surface area (Å²) in [6.07, 6.45) is 4.44. The van der Waals surface area contributed by atoms with E-state index in [-0.39, 0.29) is 36.8 Å². The van der Waals surface area contributed by atoms with Crippen LogP contribution < -0.4 is 11.1 Å². The van der Waals surface area contributed by atoms with Gasteiger partial charge in [0.25, 0.3) is 5.91 Å². The molecule has 1 saturated carbocycles. The first kappa shape index (κ1) is 20.8. The number of hydrogen-bond acceptors (Lipinski definition) is 4. The third kappa shape index (κ3) is 4.83. The molecule has 0 saturated heterocycles. The van der Waals surface area contributed by atoms with E-state index in [1.165, 1.54) is 5.56 Å². The van der Waals surface area contributed by atoms with Crippen molar-refractivity contribution in [2.24, 2.45) is 5.73 Å². The molecule has 3 N–H and O–H groups in total. The van der Waals surface area contributed by atoms with Crippen molar-refractivity contribution < 1.29 is 4.79 Å². The number of hydrogen-bond donors (Lipinski definition) is 2. The number of nitrogens with one attached hydrogen (secondary N) is 1. The van der Waals surface area contributed by atoms with E-state index in [0.29, 0.717) is 17.3 Å². The van der Waals surface area contributed by atoms with Crippen LogP contribution in [0.15, 0.2) is 67.0 Å². The van der Waals surface area contributed by atoms with Crippen molar-refractivity contribution >= 4 is 36.4 Å². The van der Waals surface area contributed by atoms with E-state index in [4.69, 9.17) is 5.73 Å². The molecule has 1 aliphatic carbocycles. The van der Waals surface area contributed by atoms with Gasteiger partial charge in [-0.1, -0.05) is 12.1 Å². The van der Waals surface area contributed by atoms with Crippen LogP contribution in [0.2, 0.25) is 0 Å². The summed E-state index contributed by atoms with van der Waals surface area (Å²) in [5.41, 5.74) is 9.34. The van der Waals surface area contributed by atoms with Crippen LogP contribution in [0.3, 0.4) is 0 Å². The van der Waals surface area contributed by atoms with Crippen LogP contribution in [0.5, 0.6) is 0 Å². The molecule has 1 fully saturated rings. The Hall–Kier alpha value is -2.47. The lowest BCUT2D eigenvalue weighted by atomic mass is 10.1. The smallest absolute Gasteiger partial charge is 0.255 e. The predicted molar refractivity (Wildman–Crippen MR) is 112 cm³/mol. The monoisotopic (exact) mass is 402 g/mol. The molecule has 140 valence electrons. The molecule has 0 unspecified atom stereocenters. The van der Waals surface area contributed by atoms with Crippen molar-refractivity contribution in [1.29, 1.82) is 0 Å². The third-order valence-electron chi connectivity index (χ3n) is 4.41. The van der Waals surface area contributed by atoms with E-state index >= 15 is 0 Å². The molecule has 3 aromatic rings. The van der Waals surface area contributed by atoms with Crippen LogP contribution in [-0.2, 0) is 0 Å². The quantitative estimate of drug-likeness (QED) is 0.689. The van der Waals surface area contributed by atoms with Gasteiger partial charge in [0.2, 0.25) is 0 Å². The molecule has 0 radical (unpaired) electrons. The number of amides is 1. The number of carbonyl (C=O) groups excluding carboxylic acids is 1. The number of aromatic nitrogens is 2. The summed E-state index contributed by atoms with van der Waals surface area (Å²) in [4.78, 5) is 20.8. The van der Waals surface area contributed by atoms with Gasteiger partial charge in [-0.05, 0) is 54.4 Å². The van der Waals surface area contributed by atoms with Gasteiger partial charge in [0, 0.05) is 41.2 Å². The van der Waals surface area contributed by atoms with Crippen LogP contribution >= 0.6 is 24.8 Å². The number of rotatable bonds is 4. The van der Waals surface area contributed by atoms with Crippen molar-refractivity contribution in [3.05, 3.63) is 78.1 Å². The van der Waals surface area contributed by atoms with Gasteiger partial charge in [-0.15, -0.1) is 24.8 Å². The number of nitrogens with two attached hydrogens (primary N) is 1. The third-order valence-corrected chi connectivity index (χ3v) is 4.41. The minimum atomic E-state index is -0.129. The molecule has 4 rings (SSSR count). The number of halogens is 2. The largest absolute Gasteiger partial charge is 0.327 e. The summed E-state index contributed by atoms with van der Waals surface area (Å²) < 4.78 is 0. The number of anilines is 1. The second kappa shape index (κ2) is 8.95. The van der Waals surface area contributed by atoms with E-state index in [1.54, 1.807) is 18.5 Å². The number of carbonyl (C=O) groups is 1. The topological polar surface area (TPSA) is 80.9 Å². The fraction of sp³-hybridized carbons (Fsp3) is 0.150. The Morgan fingerprint density at radius 1 is 0.963 bits per heavy atom. The molecule has 2 aromatic carbocycles. The molecule has 1 heterocycles. The molecule has 0 spiro atoms. The Morgan fingerprint density at radius 2 is 1.56 bits per heavy atom. The van der Waals surface area contributed by atoms with Crippen molar-refractivity contribution in [2.75, 3.05) is 5.32 Å². The molecule has 5 nitrogen and oxygen atoms in total. The van der Waals surface area contributed by atoms with Gasteiger partial charge < -0.3 is 11.1 Å². The Kier molecular flexibility index (Phi) is 6.91. The fourth-order valence-electron chi connectivity index (χ4n) is 2.83. The first-order valence-corrected chi connectivity index (χ1v) is 8.25. The lowest BCUT2D eigenvalue weighted by molar-refractivity contribution is 0.102. The maximum absolute atomic E-state index is 12.4. The van der Waals surface area contributed by atoms with Crippen molar-refractivity contribution in [3.63, 3.8) is 0 Å². The zero-order valence-electron chi connectivity index (χ0n) is 14.4. The normalized spacial score (nSPS) is 17.2. The maximum atomic E-state index is 12.4. The summed E-state index contributed by atoms with van der Waals surface area (Å²) in [6, 6.07) is 17.2. The van der Waals surface area contributed by atoms with Crippen molar-refractivity contribution in [1.82, 2.24) is 9.97 Å². The number of benzene rings is 2. The average Bonchev–Trinajstić information content (AvgIpc) is 3.40. The average molecular weight is 403 g/mol. The Balaban J connectivity index is 0.00000131. The standard InChI is InChI=1S/C20H18N4O.2ClH/c21-18-12-17(18)13-2-4-15(5-3-13)20(25)24-16-8-6-14(7-9-16)19-22-10-1-11-23-19;;/h1-11,17-18H,12,21H2,(H,24,25);2*1H/t17-,18+;;/m0../s1. The highest BCUT2D eigenvalue weighted by molar-refractivity contribution is 6.04. The first-order valence-electron chi connectivity index (χ1n) is 8.25. The van der Waals surface area contributed by atoms with E-state index in [9.17, 15) is 4.79 Å². The van der Waals surface area contributed by atoms with E-state index < -0.39 is 0 Å². The van der Waals surface area contributed by atoms with E-state index in [1.807, 2.05) is 48.5 Å². The number of nitrogens with zero attached hydrogens (tertiary/aromatic N) is 2. The zero-order valence-corrected chi connectivity index (χ0v) is 16.0. The van der Waals surface area contributed by atoms with Gasteiger partial charge >= 0.3 is 0 Å². The highest BCUT2D eigenvalue weighted by Crippen LogP contribution is 2.38. The van der Waals surface area contributed by atoms with Gasteiger partial charge in [-0.2, -0.15) is 0 Å². The summed E-state index contributed by atoms with van der Waals surface area (Å²) in [5, 5.41) is 2.91. The molecular formula is C20H20Cl2N4O. The Bertz CT molecular complexity index is 886. The maximum Gasteiger partial charge on any atom is 0.255 e. The highest BCUT2D eigenvalue weighted by atomic mass is 35.5. The van der Waals surface area contributed by atoms with Crippen LogP contribution in [0.4, 0.5) is 5.69 Å². The molecule has 7 heteroatoms. The van der Waals surface area contributed by atoms with Gasteiger partial charge in [0.1, 0.15) is 0 Å².